The van der Waals surface area contributed by atoms with Crippen LogP contribution in [0, 0.1) is 10.7 Å². The number of aromatic nitrogens is 2. The van der Waals surface area contributed by atoms with Gasteiger partial charge in [-0.05, 0) is 68.4 Å². The first kappa shape index (κ1) is 22.2. The van der Waals surface area contributed by atoms with Gasteiger partial charge in [0, 0.05) is 23.7 Å². The Morgan fingerprint density at radius 2 is 2.06 bits per heavy atom. The fourth-order valence-corrected chi connectivity index (χ4v) is 4.47. The summed E-state index contributed by atoms with van der Waals surface area (Å²) in [5.74, 6) is -0.788. The normalized spacial score (nSPS) is 16.2. The van der Waals surface area contributed by atoms with Crippen LogP contribution in [0.5, 0.6) is 0 Å². The molecule has 32 heavy (non-hydrogen) atoms. The van der Waals surface area contributed by atoms with E-state index < -0.39 is 0 Å². The van der Waals surface area contributed by atoms with Crippen molar-refractivity contribution in [3.63, 3.8) is 0 Å². The molecule has 0 aliphatic carbocycles. The Hall–Kier alpha value is -2.97. The molecule has 3 aromatic rings. The zero-order valence-corrected chi connectivity index (χ0v) is 19.0. The lowest BCUT2D eigenvalue weighted by molar-refractivity contribution is -0.149. The number of esters is 1. The van der Waals surface area contributed by atoms with Gasteiger partial charge in [0.2, 0.25) is 0 Å². The number of benzene rings is 2. The van der Waals surface area contributed by atoms with Gasteiger partial charge in [0.25, 0.3) is 11.5 Å². The molecule has 4 rings (SSSR count). The van der Waals surface area contributed by atoms with Crippen LogP contribution in [0.3, 0.4) is 0 Å². The first-order valence-corrected chi connectivity index (χ1v) is 11.2. The summed E-state index contributed by atoms with van der Waals surface area (Å²) >= 11 is 11.4. The number of hydrogen-bond acceptors (Lipinski definition) is 5. The van der Waals surface area contributed by atoms with Crippen molar-refractivity contribution in [2.24, 2.45) is 5.92 Å². The lowest BCUT2D eigenvalue weighted by atomic mass is 9.97. The van der Waals surface area contributed by atoms with E-state index in [9.17, 15) is 14.4 Å². The van der Waals surface area contributed by atoms with Crippen molar-refractivity contribution in [1.82, 2.24) is 14.5 Å². The van der Waals surface area contributed by atoms with Crippen LogP contribution in [0.25, 0.3) is 16.6 Å². The highest BCUT2D eigenvalue weighted by atomic mass is 35.5. The molecule has 166 valence electrons. The fraction of sp³-hybridized carbons (Fsp3) is 0.304. The maximum absolute atomic E-state index is 13.2. The van der Waals surface area contributed by atoms with Crippen LogP contribution in [0.15, 0.2) is 47.3 Å². The number of nitrogens with zero attached hydrogens (tertiary/aromatic N) is 2. The number of nitrogens with one attached hydrogen (secondary N) is 1. The molecule has 1 amide bonds. The van der Waals surface area contributed by atoms with E-state index in [4.69, 9.17) is 28.6 Å². The van der Waals surface area contributed by atoms with Crippen molar-refractivity contribution >= 4 is 46.6 Å². The first-order chi connectivity index (χ1) is 15.4. The Morgan fingerprint density at radius 1 is 1.25 bits per heavy atom. The van der Waals surface area contributed by atoms with Crippen LogP contribution in [-0.4, -0.2) is 46.0 Å². The lowest BCUT2D eigenvalue weighted by Gasteiger charge is -2.31. The van der Waals surface area contributed by atoms with Gasteiger partial charge in [0.05, 0.1) is 29.1 Å². The molecule has 1 aliphatic heterocycles. The van der Waals surface area contributed by atoms with Crippen LogP contribution >= 0.6 is 23.8 Å². The second-order valence-corrected chi connectivity index (χ2v) is 8.48. The van der Waals surface area contributed by atoms with Crippen molar-refractivity contribution in [2.75, 3.05) is 19.7 Å². The molecular formula is C23H22ClN3O4S. The van der Waals surface area contributed by atoms with Crippen molar-refractivity contribution in [3.8, 4) is 5.69 Å². The van der Waals surface area contributed by atoms with Gasteiger partial charge in [0.1, 0.15) is 0 Å². The number of ether oxygens (including phenoxy) is 1. The van der Waals surface area contributed by atoms with Gasteiger partial charge in [-0.1, -0.05) is 17.7 Å². The van der Waals surface area contributed by atoms with Gasteiger partial charge in [-0.15, -0.1) is 0 Å². The SMILES string of the molecule is CCOC(=O)C1CCCN(C(=O)c2cccc(-n3c(=S)[nH]c4cc(Cl)ccc4c3=O)c2)C1. The topological polar surface area (TPSA) is 84.4 Å². The predicted molar refractivity (Wildman–Crippen MR) is 125 cm³/mol. The number of aromatic amines is 1. The maximum Gasteiger partial charge on any atom is 0.310 e. The van der Waals surface area contributed by atoms with Crippen molar-refractivity contribution < 1.29 is 14.3 Å². The van der Waals surface area contributed by atoms with E-state index >= 15 is 0 Å². The molecule has 0 spiro atoms. The molecule has 1 N–H and O–H groups in total. The van der Waals surface area contributed by atoms with E-state index in [0.717, 1.165) is 6.42 Å². The molecule has 0 bridgehead atoms. The average molecular weight is 472 g/mol. The Bertz CT molecular complexity index is 1320. The summed E-state index contributed by atoms with van der Waals surface area (Å²) in [6, 6.07) is 11.7. The van der Waals surface area contributed by atoms with Gasteiger partial charge in [-0.2, -0.15) is 0 Å². The molecule has 1 atom stereocenters. The van der Waals surface area contributed by atoms with E-state index in [-0.39, 0.29) is 28.1 Å². The number of rotatable bonds is 4. The number of likely N-dealkylation sites (tertiary alicyclic amines) is 1. The summed E-state index contributed by atoms with van der Waals surface area (Å²) in [4.78, 5) is 43.1. The second-order valence-electron chi connectivity index (χ2n) is 7.65. The molecule has 9 heteroatoms. The third kappa shape index (κ3) is 4.33. The van der Waals surface area contributed by atoms with Crippen LogP contribution in [-0.2, 0) is 9.53 Å². The second kappa shape index (κ2) is 9.26. The van der Waals surface area contributed by atoms with Gasteiger partial charge in [-0.25, -0.2) is 0 Å². The molecule has 2 aromatic carbocycles. The Labute approximate surface area is 194 Å². The lowest BCUT2D eigenvalue weighted by Crippen LogP contribution is -2.42. The number of piperidine rings is 1. The largest absolute Gasteiger partial charge is 0.466 e. The molecule has 1 saturated heterocycles. The van der Waals surface area contributed by atoms with E-state index in [0.29, 0.717) is 53.3 Å². The first-order valence-electron chi connectivity index (χ1n) is 10.4. The third-order valence-electron chi connectivity index (χ3n) is 5.54. The molecule has 1 fully saturated rings. The molecule has 1 unspecified atom stereocenters. The third-order valence-corrected chi connectivity index (χ3v) is 6.06. The molecular weight excluding hydrogens is 450 g/mol. The minimum atomic E-state index is -0.320. The zero-order chi connectivity index (χ0) is 22.8. The molecule has 7 nitrogen and oxygen atoms in total. The minimum Gasteiger partial charge on any atom is -0.466 e. The number of H-pyrrole nitrogens is 1. The summed E-state index contributed by atoms with van der Waals surface area (Å²) in [5.41, 5.74) is 1.15. The molecule has 0 saturated carbocycles. The summed E-state index contributed by atoms with van der Waals surface area (Å²) in [6.07, 6.45) is 1.43. The quantitative estimate of drug-likeness (QED) is 0.457. The highest BCUT2D eigenvalue weighted by molar-refractivity contribution is 7.71. The number of fused-ring (bicyclic) bond motifs is 1. The fourth-order valence-electron chi connectivity index (χ4n) is 4.00. The Balaban J connectivity index is 1.67. The number of carbonyl (C=O) groups is 2. The van der Waals surface area contributed by atoms with E-state index in [1.807, 2.05) is 0 Å². The van der Waals surface area contributed by atoms with Crippen molar-refractivity contribution in [3.05, 3.63) is 68.2 Å². The maximum atomic E-state index is 13.2. The zero-order valence-electron chi connectivity index (χ0n) is 17.5. The van der Waals surface area contributed by atoms with Gasteiger partial charge in [0.15, 0.2) is 4.77 Å². The Kier molecular flexibility index (Phi) is 6.43. The van der Waals surface area contributed by atoms with E-state index in [1.165, 1.54) is 4.57 Å². The van der Waals surface area contributed by atoms with Gasteiger partial charge >= 0.3 is 5.97 Å². The number of hydrogen-bond donors (Lipinski definition) is 1. The van der Waals surface area contributed by atoms with Crippen LogP contribution < -0.4 is 5.56 Å². The molecule has 1 aromatic heterocycles. The van der Waals surface area contributed by atoms with Crippen molar-refractivity contribution in [1.29, 1.82) is 0 Å². The number of carbonyl (C=O) groups excluding carboxylic acids is 2. The number of amides is 1. The average Bonchev–Trinajstić information content (AvgIpc) is 2.79. The van der Waals surface area contributed by atoms with E-state index in [2.05, 4.69) is 4.98 Å². The minimum absolute atomic E-state index is 0.198. The predicted octanol–water partition coefficient (Wildman–Crippen LogP) is 4.12. The molecule has 0 radical (unpaired) electrons. The highest BCUT2D eigenvalue weighted by Gasteiger charge is 2.30. The standard InChI is InChI=1S/C23H22ClN3O4S/c1-2-31-22(30)15-6-4-10-26(13-15)20(28)14-5-3-7-17(11-14)27-21(29)18-9-8-16(24)12-19(18)25-23(27)32/h3,5,7-9,11-12,15H,2,4,6,10,13H2,1H3,(H,25,32). The van der Waals surface area contributed by atoms with Crippen LogP contribution in [0.2, 0.25) is 5.02 Å². The van der Waals surface area contributed by atoms with E-state index in [1.54, 1.807) is 54.3 Å². The summed E-state index contributed by atoms with van der Waals surface area (Å²) < 4.78 is 6.69. The summed E-state index contributed by atoms with van der Waals surface area (Å²) in [7, 11) is 0. The van der Waals surface area contributed by atoms with Crippen LogP contribution in [0.4, 0.5) is 0 Å². The van der Waals surface area contributed by atoms with Gasteiger partial charge in [-0.3, -0.25) is 19.0 Å². The smallest absolute Gasteiger partial charge is 0.310 e. The number of halogens is 1. The molecule has 1 aliphatic rings. The van der Waals surface area contributed by atoms with Crippen LogP contribution in [0.1, 0.15) is 30.1 Å². The monoisotopic (exact) mass is 471 g/mol. The highest BCUT2D eigenvalue weighted by Crippen LogP contribution is 2.21. The Morgan fingerprint density at radius 3 is 2.84 bits per heavy atom. The summed E-state index contributed by atoms with van der Waals surface area (Å²) in [5, 5.41) is 0.934. The summed E-state index contributed by atoms with van der Waals surface area (Å²) in [6.45, 7) is 2.97. The van der Waals surface area contributed by atoms with Gasteiger partial charge < -0.3 is 14.6 Å². The molecule has 2 heterocycles. The van der Waals surface area contributed by atoms with Crippen molar-refractivity contribution in [2.45, 2.75) is 19.8 Å².